The molecule has 0 radical (unpaired) electrons. The lowest BCUT2D eigenvalue weighted by molar-refractivity contribution is 0.0949. The topological polar surface area (TPSA) is 59.8 Å². The van der Waals surface area contributed by atoms with Crippen LogP contribution in [0.15, 0.2) is 47.6 Å². The van der Waals surface area contributed by atoms with E-state index >= 15 is 0 Å². The normalized spacial score (nSPS) is 10.9. The third-order valence-electron chi connectivity index (χ3n) is 3.98. The Balaban J connectivity index is 1.63. The number of carbonyl (C=O) groups excluding carboxylic acids is 1. The average Bonchev–Trinajstić information content (AvgIpc) is 3.09. The zero-order valence-electron chi connectivity index (χ0n) is 15.0. The molecule has 0 atom stereocenters. The maximum absolute atomic E-state index is 13.0. The quantitative estimate of drug-likeness (QED) is 0.529. The van der Waals surface area contributed by atoms with Crippen LogP contribution in [0.1, 0.15) is 28.7 Å². The van der Waals surface area contributed by atoms with Crippen LogP contribution in [0.3, 0.4) is 0 Å². The van der Waals surface area contributed by atoms with Crippen LogP contribution < -0.4 is 5.32 Å². The summed E-state index contributed by atoms with van der Waals surface area (Å²) in [5.41, 5.74) is 1.41. The van der Waals surface area contributed by atoms with Gasteiger partial charge >= 0.3 is 0 Å². The van der Waals surface area contributed by atoms with Crippen LogP contribution in [0.4, 0.5) is 4.39 Å². The summed E-state index contributed by atoms with van der Waals surface area (Å²) in [5.74, 6) is 0.765. The Kier molecular flexibility index (Phi) is 6.93. The summed E-state index contributed by atoms with van der Waals surface area (Å²) < 4.78 is 14.9. The molecule has 146 valence electrons. The van der Waals surface area contributed by atoms with Crippen molar-refractivity contribution in [1.29, 1.82) is 0 Å². The smallest absolute Gasteiger partial charge is 0.251 e. The van der Waals surface area contributed by atoms with Crippen molar-refractivity contribution in [3.63, 3.8) is 0 Å². The molecule has 3 rings (SSSR count). The van der Waals surface area contributed by atoms with Gasteiger partial charge in [-0.2, -0.15) is 0 Å². The molecule has 9 heteroatoms. The predicted octanol–water partition coefficient (Wildman–Crippen LogP) is 4.97. The molecule has 3 aromatic rings. The Morgan fingerprint density at radius 2 is 1.89 bits per heavy atom. The Morgan fingerprint density at radius 1 is 1.14 bits per heavy atom. The maximum Gasteiger partial charge on any atom is 0.251 e. The minimum Gasteiger partial charge on any atom is -0.345 e. The van der Waals surface area contributed by atoms with E-state index in [0.717, 1.165) is 10.7 Å². The molecule has 0 spiro atoms. The van der Waals surface area contributed by atoms with Crippen LogP contribution in [0.5, 0.6) is 0 Å². The number of amides is 1. The monoisotopic (exact) mass is 438 g/mol. The standard InChI is InChI=1S/C19H17Cl2FN4OS/c1-2-26-17(10-23-18(27)13-5-8-15(20)16(21)9-13)24-25-19(26)28-11-12-3-6-14(22)7-4-12/h3-9H,2,10-11H2,1H3,(H,23,27). The van der Waals surface area contributed by atoms with E-state index in [1.54, 1.807) is 24.3 Å². The average molecular weight is 439 g/mol. The van der Waals surface area contributed by atoms with Gasteiger partial charge in [0.1, 0.15) is 5.82 Å². The number of carbonyl (C=O) groups is 1. The summed E-state index contributed by atoms with van der Waals surface area (Å²) in [6, 6.07) is 11.1. The fourth-order valence-electron chi connectivity index (χ4n) is 2.50. The van der Waals surface area contributed by atoms with E-state index in [1.165, 1.54) is 30.0 Å². The number of nitrogens with one attached hydrogen (secondary N) is 1. The van der Waals surface area contributed by atoms with Gasteiger partial charge in [-0.05, 0) is 42.8 Å². The molecule has 2 aromatic carbocycles. The summed E-state index contributed by atoms with van der Waals surface area (Å²) in [4.78, 5) is 12.3. The summed E-state index contributed by atoms with van der Waals surface area (Å²) in [6.07, 6.45) is 0. The van der Waals surface area contributed by atoms with E-state index in [-0.39, 0.29) is 18.3 Å². The van der Waals surface area contributed by atoms with Crippen LogP contribution in [0, 0.1) is 5.82 Å². The van der Waals surface area contributed by atoms with Crippen molar-refractivity contribution >= 4 is 40.9 Å². The van der Waals surface area contributed by atoms with Gasteiger partial charge in [0, 0.05) is 17.9 Å². The first-order chi connectivity index (χ1) is 13.5. The number of hydrogen-bond donors (Lipinski definition) is 1. The Morgan fingerprint density at radius 3 is 2.57 bits per heavy atom. The molecular weight excluding hydrogens is 422 g/mol. The highest BCUT2D eigenvalue weighted by Gasteiger charge is 2.14. The van der Waals surface area contributed by atoms with Crippen LogP contribution in [-0.2, 0) is 18.8 Å². The van der Waals surface area contributed by atoms with Gasteiger partial charge in [-0.25, -0.2) is 4.39 Å². The fourth-order valence-corrected chi connectivity index (χ4v) is 3.78. The molecule has 0 aliphatic heterocycles. The molecule has 1 heterocycles. The summed E-state index contributed by atoms with van der Waals surface area (Å²) in [6.45, 7) is 2.88. The summed E-state index contributed by atoms with van der Waals surface area (Å²) >= 11 is 13.3. The first-order valence-electron chi connectivity index (χ1n) is 8.50. The number of thioether (sulfide) groups is 1. The van der Waals surface area contributed by atoms with Gasteiger partial charge in [0.2, 0.25) is 0 Å². The molecule has 28 heavy (non-hydrogen) atoms. The van der Waals surface area contributed by atoms with Crippen LogP contribution in [0.25, 0.3) is 0 Å². The number of aromatic nitrogens is 3. The summed E-state index contributed by atoms with van der Waals surface area (Å²) in [5, 5.41) is 12.7. The van der Waals surface area contributed by atoms with Gasteiger partial charge in [0.15, 0.2) is 11.0 Å². The zero-order valence-corrected chi connectivity index (χ0v) is 17.3. The molecule has 0 aliphatic rings. The van der Waals surface area contributed by atoms with Crippen LogP contribution in [-0.4, -0.2) is 20.7 Å². The van der Waals surface area contributed by atoms with Crippen LogP contribution in [0.2, 0.25) is 10.0 Å². The Hall–Kier alpha value is -2.09. The molecule has 0 fully saturated rings. The second-order valence-electron chi connectivity index (χ2n) is 5.87. The molecule has 5 nitrogen and oxygen atoms in total. The highest BCUT2D eigenvalue weighted by Crippen LogP contribution is 2.23. The lowest BCUT2D eigenvalue weighted by Crippen LogP contribution is -2.24. The van der Waals surface area contributed by atoms with E-state index in [0.29, 0.717) is 33.7 Å². The van der Waals surface area contributed by atoms with Gasteiger partial charge in [0.25, 0.3) is 5.91 Å². The molecule has 1 aromatic heterocycles. The predicted molar refractivity (Wildman–Crippen MR) is 109 cm³/mol. The second-order valence-corrected chi connectivity index (χ2v) is 7.63. The molecular formula is C19H17Cl2FN4OS. The number of rotatable bonds is 7. The van der Waals surface area contributed by atoms with Crippen molar-refractivity contribution in [2.24, 2.45) is 0 Å². The van der Waals surface area contributed by atoms with Crippen molar-refractivity contribution in [2.45, 2.75) is 30.9 Å². The third kappa shape index (κ3) is 5.04. The SMILES string of the molecule is CCn1c(CNC(=O)c2ccc(Cl)c(Cl)c2)nnc1SCc1ccc(F)cc1. The van der Waals surface area contributed by atoms with Crippen molar-refractivity contribution in [1.82, 2.24) is 20.1 Å². The first kappa shape index (κ1) is 20.6. The van der Waals surface area contributed by atoms with E-state index in [9.17, 15) is 9.18 Å². The highest BCUT2D eigenvalue weighted by atomic mass is 35.5. The number of benzene rings is 2. The van der Waals surface area contributed by atoms with Gasteiger partial charge in [-0.3, -0.25) is 4.79 Å². The number of halogens is 3. The molecule has 1 N–H and O–H groups in total. The van der Waals surface area contributed by atoms with Crippen molar-refractivity contribution < 1.29 is 9.18 Å². The minimum atomic E-state index is -0.273. The van der Waals surface area contributed by atoms with Crippen molar-refractivity contribution in [2.75, 3.05) is 0 Å². The highest BCUT2D eigenvalue weighted by molar-refractivity contribution is 7.98. The second kappa shape index (κ2) is 9.41. The van der Waals surface area contributed by atoms with Crippen molar-refractivity contribution in [3.8, 4) is 0 Å². The molecule has 0 aliphatic carbocycles. The number of nitrogens with zero attached hydrogens (tertiary/aromatic N) is 3. The molecule has 0 unspecified atom stereocenters. The molecule has 0 saturated carbocycles. The van der Waals surface area contributed by atoms with Gasteiger partial charge in [0.05, 0.1) is 16.6 Å². The lowest BCUT2D eigenvalue weighted by atomic mass is 10.2. The fraction of sp³-hybridized carbons (Fsp3) is 0.211. The third-order valence-corrected chi connectivity index (χ3v) is 5.76. The maximum atomic E-state index is 13.0. The Bertz CT molecular complexity index is 979. The van der Waals surface area contributed by atoms with E-state index in [1.807, 2.05) is 11.5 Å². The van der Waals surface area contributed by atoms with Crippen molar-refractivity contribution in [3.05, 3.63) is 75.3 Å². The first-order valence-corrected chi connectivity index (χ1v) is 10.2. The van der Waals surface area contributed by atoms with E-state index < -0.39 is 0 Å². The minimum absolute atomic E-state index is 0.233. The number of hydrogen-bond acceptors (Lipinski definition) is 4. The molecule has 0 saturated heterocycles. The molecule has 0 bridgehead atoms. The van der Waals surface area contributed by atoms with Gasteiger partial charge < -0.3 is 9.88 Å². The molecule has 1 amide bonds. The lowest BCUT2D eigenvalue weighted by Gasteiger charge is -2.09. The zero-order chi connectivity index (χ0) is 20.1. The summed E-state index contributed by atoms with van der Waals surface area (Å²) in [7, 11) is 0. The van der Waals surface area contributed by atoms with Crippen LogP contribution >= 0.6 is 35.0 Å². The largest absolute Gasteiger partial charge is 0.345 e. The van der Waals surface area contributed by atoms with E-state index in [2.05, 4.69) is 15.5 Å². The van der Waals surface area contributed by atoms with Gasteiger partial charge in [-0.1, -0.05) is 47.1 Å². The van der Waals surface area contributed by atoms with E-state index in [4.69, 9.17) is 23.2 Å². The Labute approximate surface area is 176 Å². The van der Waals surface area contributed by atoms with Gasteiger partial charge in [-0.15, -0.1) is 10.2 Å².